The number of carbonyl (C=O) groups is 1. The van der Waals surface area contributed by atoms with Crippen LogP contribution in [0.25, 0.3) is 0 Å². The molecule has 0 saturated carbocycles. The van der Waals surface area contributed by atoms with Crippen LogP contribution in [0.1, 0.15) is 26.2 Å². The zero-order chi connectivity index (χ0) is 15.2. The lowest BCUT2D eigenvalue weighted by molar-refractivity contribution is -0.133. The normalized spacial score (nSPS) is 23.0. The fraction of sp³-hybridized carbons (Fsp3) is 0.938. The number of carbonyl (C=O) groups excluding carboxylic acids is 1. The van der Waals surface area contributed by atoms with Gasteiger partial charge in [0.25, 0.3) is 0 Å². The van der Waals surface area contributed by atoms with Gasteiger partial charge in [-0.2, -0.15) is 0 Å². The summed E-state index contributed by atoms with van der Waals surface area (Å²) < 4.78 is 0. The Kier molecular flexibility index (Phi) is 6.45. The van der Waals surface area contributed by atoms with Crippen molar-refractivity contribution in [3.8, 4) is 0 Å². The maximum Gasteiger partial charge on any atom is 0.223 e. The first-order chi connectivity index (χ1) is 10.1. The van der Waals surface area contributed by atoms with Crippen molar-refractivity contribution in [2.45, 2.75) is 32.2 Å². The summed E-state index contributed by atoms with van der Waals surface area (Å²) in [6, 6.07) is 0.658. The second-order valence-electron chi connectivity index (χ2n) is 6.58. The molecule has 0 aliphatic carbocycles. The highest BCUT2D eigenvalue weighted by molar-refractivity contribution is 5.76. The summed E-state index contributed by atoms with van der Waals surface area (Å²) in [4.78, 5) is 21.6. The second kappa shape index (κ2) is 8.11. The minimum atomic E-state index is 0.338. The van der Waals surface area contributed by atoms with Crippen molar-refractivity contribution in [1.82, 2.24) is 19.6 Å². The Labute approximate surface area is 129 Å². The number of amides is 1. The SMILES string of the molecule is CCN1CCN(C(=O)CCN(C)C2CCN(C)CC2)CC1. The second-order valence-corrected chi connectivity index (χ2v) is 6.58. The smallest absolute Gasteiger partial charge is 0.223 e. The highest BCUT2D eigenvalue weighted by Crippen LogP contribution is 2.14. The largest absolute Gasteiger partial charge is 0.340 e. The number of rotatable bonds is 5. The number of nitrogens with zero attached hydrogens (tertiary/aromatic N) is 4. The van der Waals surface area contributed by atoms with Crippen LogP contribution >= 0.6 is 0 Å². The van der Waals surface area contributed by atoms with Gasteiger partial charge in [0.2, 0.25) is 5.91 Å². The summed E-state index contributed by atoms with van der Waals surface area (Å²) >= 11 is 0. The van der Waals surface area contributed by atoms with E-state index in [-0.39, 0.29) is 0 Å². The van der Waals surface area contributed by atoms with E-state index in [4.69, 9.17) is 0 Å². The quantitative estimate of drug-likeness (QED) is 0.742. The van der Waals surface area contributed by atoms with Crippen LogP contribution in [0.3, 0.4) is 0 Å². The summed E-state index contributed by atoms with van der Waals surface area (Å²) in [5.41, 5.74) is 0. The molecule has 2 fully saturated rings. The topological polar surface area (TPSA) is 30.0 Å². The first kappa shape index (κ1) is 16.7. The van der Waals surface area contributed by atoms with Gasteiger partial charge < -0.3 is 19.6 Å². The van der Waals surface area contributed by atoms with E-state index in [0.717, 1.165) is 39.3 Å². The van der Waals surface area contributed by atoms with Gasteiger partial charge in [0, 0.05) is 45.2 Å². The Morgan fingerprint density at radius 3 is 2.29 bits per heavy atom. The average molecular weight is 296 g/mol. The van der Waals surface area contributed by atoms with E-state index in [1.807, 2.05) is 0 Å². The standard InChI is InChI=1S/C16H32N4O/c1-4-19-11-13-20(14-12-19)16(21)7-10-18(3)15-5-8-17(2)9-6-15/h15H,4-14H2,1-3H3. The molecule has 21 heavy (non-hydrogen) atoms. The predicted molar refractivity (Wildman–Crippen MR) is 86.5 cm³/mol. The first-order valence-corrected chi connectivity index (χ1v) is 8.49. The molecule has 2 aliphatic heterocycles. The third-order valence-electron chi connectivity index (χ3n) is 5.16. The maximum absolute atomic E-state index is 12.3. The number of likely N-dealkylation sites (tertiary alicyclic amines) is 1. The maximum atomic E-state index is 12.3. The average Bonchev–Trinajstić information content (AvgIpc) is 2.53. The van der Waals surface area contributed by atoms with Crippen molar-refractivity contribution in [2.75, 3.05) is 66.5 Å². The van der Waals surface area contributed by atoms with Gasteiger partial charge in [-0.1, -0.05) is 6.92 Å². The molecule has 2 rings (SSSR count). The van der Waals surface area contributed by atoms with Crippen LogP contribution in [0.15, 0.2) is 0 Å². The van der Waals surface area contributed by atoms with E-state index in [1.54, 1.807) is 0 Å². The molecule has 0 aromatic heterocycles. The van der Waals surface area contributed by atoms with E-state index < -0.39 is 0 Å². The molecule has 2 heterocycles. The summed E-state index contributed by atoms with van der Waals surface area (Å²) in [6.45, 7) is 10.4. The van der Waals surface area contributed by atoms with Gasteiger partial charge in [0.1, 0.15) is 0 Å². The lowest BCUT2D eigenvalue weighted by Gasteiger charge is -2.36. The molecule has 0 aromatic rings. The highest BCUT2D eigenvalue weighted by atomic mass is 16.2. The fourth-order valence-electron chi connectivity index (χ4n) is 3.36. The third-order valence-corrected chi connectivity index (χ3v) is 5.16. The van der Waals surface area contributed by atoms with E-state index in [1.165, 1.54) is 25.9 Å². The molecule has 0 spiro atoms. The van der Waals surface area contributed by atoms with Crippen molar-refractivity contribution in [3.63, 3.8) is 0 Å². The Morgan fingerprint density at radius 1 is 1.10 bits per heavy atom. The van der Waals surface area contributed by atoms with E-state index >= 15 is 0 Å². The van der Waals surface area contributed by atoms with Gasteiger partial charge >= 0.3 is 0 Å². The molecule has 0 aromatic carbocycles. The number of hydrogen-bond acceptors (Lipinski definition) is 4. The summed E-state index contributed by atoms with van der Waals surface area (Å²) in [5, 5.41) is 0. The van der Waals surface area contributed by atoms with Crippen LogP contribution in [0, 0.1) is 0 Å². The molecule has 0 radical (unpaired) electrons. The van der Waals surface area contributed by atoms with Gasteiger partial charge in [-0.3, -0.25) is 4.79 Å². The molecule has 2 aliphatic rings. The number of hydrogen-bond donors (Lipinski definition) is 0. The van der Waals surface area contributed by atoms with Crippen LogP contribution in [0.4, 0.5) is 0 Å². The molecule has 1 amide bonds. The van der Waals surface area contributed by atoms with Crippen molar-refractivity contribution in [3.05, 3.63) is 0 Å². The highest BCUT2D eigenvalue weighted by Gasteiger charge is 2.23. The van der Waals surface area contributed by atoms with Gasteiger partial charge in [0.05, 0.1) is 0 Å². The van der Waals surface area contributed by atoms with Gasteiger partial charge in [-0.25, -0.2) is 0 Å². The number of likely N-dealkylation sites (N-methyl/N-ethyl adjacent to an activating group) is 1. The molecule has 0 N–H and O–H groups in total. The lowest BCUT2D eigenvalue weighted by Crippen LogP contribution is -2.49. The first-order valence-electron chi connectivity index (χ1n) is 8.49. The summed E-state index contributed by atoms with van der Waals surface area (Å²) in [7, 11) is 4.37. The monoisotopic (exact) mass is 296 g/mol. The van der Waals surface area contributed by atoms with Gasteiger partial charge in [0.15, 0.2) is 0 Å². The molecular formula is C16H32N4O. The molecule has 2 saturated heterocycles. The summed E-state index contributed by atoms with van der Waals surface area (Å²) in [6.07, 6.45) is 3.14. The van der Waals surface area contributed by atoms with Crippen LogP contribution in [-0.2, 0) is 4.79 Å². The number of piperazine rings is 1. The van der Waals surface area contributed by atoms with E-state index in [2.05, 4.69) is 40.6 Å². The van der Waals surface area contributed by atoms with Gasteiger partial charge in [-0.05, 0) is 46.6 Å². The van der Waals surface area contributed by atoms with Crippen molar-refractivity contribution in [2.24, 2.45) is 0 Å². The van der Waals surface area contributed by atoms with Gasteiger partial charge in [-0.15, -0.1) is 0 Å². The van der Waals surface area contributed by atoms with E-state index in [9.17, 15) is 4.79 Å². The van der Waals surface area contributed by atoms with Crippen molar-refractivity contribution < 1.29 is 4.79 Å². The third kappa shape index (κ3) is 4.94. The van der Waals surface area contributed by atoms with Crippen LogP contribution < -0.4 is 0 Å². The van der Waals surface area contributed by atoms with Crippen molar-refractivity contribution >= 4 is 5.91 Å². The van der Waals surface area contributed by atoms with Crippen LogP contribution in [0.2, 0.25) is 0 Å². The van der Waals surface area contributed by atoms with Crippen LogP contribution in [-0.4, -0.2) is 98.0 Å². The molecule has 5 heteroatoms. The predicted octanol–water partition coefficient (Wildman–Crippen LogP) is 0.567. The molecule has 0 unspecified atom stereocenters. The molecular weight excluding hydrogens is 264 g/mol. The zero-order valence-electron chi connectivity index (χ0n) is 14.1. The Balaban J connectivity index is 1.66. The fourth-order valence-corrected chi connectivity index (χ4v) is 3.36. The minimum Gasteiger partial charge on any atom is -0.340 e. The molecule has 122 valence electrons. The Bertz CT molecular complexity index is 320. The molecule has 0 bridgehead atoms. The number of piperidine rings is 1. The molecule has 5 nitrogen and oxygen atoms in total. The zero-order valence-corrected chi connectivity index (χ0v) is 14.1. The van der Waals surface area contributed by atoms with Crippen LogP contribution in [0.5, 0.6) is 0 Å². The van der Waals surface area contributed by atoms with E-state index in [0.29, 0.717) is 18.4 Å². The Hall–Kier alpha value is -0.650. The lowest BCUT2D eigenvalue weighted by atomic mass is 10.0. The minimum absolute atomic E-state index is 0.338. The van der Waals surface area contributed by atoms with Crippen molar-refractivity contribution in [1.29, 1.82) is 0 Å². The summed E-state index contributed by atoms with van der Waals surface area (Å²) in [5.74, 6) is 0.338. The Morgan fingerprint density at radius 2 is 1.71 bits per heavy atom. The molecule has 0 atom stereocenters.